The number of anilines is 2. The number of carbonyl (C=O) groups is 2. The Hall–Kier alpha value is -2.22. The van der Waals surface area contributed by atoms with Crippen molar-refractivity contribution in [2.45, 2.75) is 182 Å². The molecule has 2 aromatic heterocycles. The van der Waals surface area contributed by atoms with Gasteiger partial charge in [-0.1, -0.05) is 162 Å². The molecule has 0 saturated heterocycles. The average molecular weight is 878 g/mol. The fraction of sp³-hybridized carbons (Fsp3) is 0.640. The number of halogens is 1. The van der Waals surface area contributed by atoms with Crippen molar-refractivity contribution in [2.24, 2.45) is 11.8 Å². The van der Waals surface area contributed by atoms with Crippen LogP contribution in [0.5, 0.6) is 0 Å². The van der Waals surface area contributed by atoms with Crippen LogP contribution in [0.25, 0.3) is 11.1 Å². The molecule has 0 spiro atoms. The zero-order chi connectivity index (χ0) is 40.4. The van der Waals surface area contributed by atoms with Gasteiger partial charge in [0.15, 0.2) is 0 Å². The van der Waals surface area contributed by atoms with E-state index in [2.05, 4.69) is 95.2 Å². The Morgan fingerprint density at radius 3 is 1.32 bits per heavy atom. The lowest BCUT2D eigenvalue weighted by Gasteiger charge is -2.27. The van der Waals surface area contributed by atoms with E-state index in [1.54, 1.807) is 22.7 Å². The van der Waals surface area contributed by atoms with E-state index < -0.39 is 0 Å². The standard InChI is InChI=1S/C50H73BrN2O2S2/c1-5-9-13-17-19-23-28-38(26-21-15-11-7-3)36-52-42-35-41-43(34-40(42)47(49(52)54)44-30-25-33-56-44)53(50(55)48(41)45-31-32-46(51)57-45)37-39(27-22-16-12-8-4)29-24-20-18-14-10-6-2/h25,30-35,38-39H,5-24,26-29,36-37H2,1-4H3. The molecule has 4 heterocycles. The Labute approximate surface area is 362 Å². The van der Waals surface area contributed by atoms with E-state index >= 15 is 0 Å². The summed E-state index contributed by atoms with van der Waals surface area (Å²) in [7, 11) is 0. The minimum atomic E-state index is 0.122. The molecule has 2 aliphatic heterocycles. The van der Waals surface area contributed by atoms with Gasteiger partial charge in [0.1, 0.15) is 0 Å². The molecule has 7 heteroatoms. The van der Waals surface area contributed by atoms with Crippen molar-refractivity contribution >= 4 is 72.9 Å². The summed E-state index contributed by atoms with van der Waals surface area (Å²) in [6.45, 7) is 10.6. The second-order valence-corrected chi connectivity index (χ2v) is 20.5. The summed E-state index contributed by atoms with van der Waals surface area (Å²) in [4.78, 5) is 36.0. The van der Waals surface area contributed by atoms with E-state index in [0.717, 1.165) is 66.0 Å². The first-order valence-corrected chi connectivity index (χ1v) is 25.8. The number of hydrogen-bond acceptors (Lipinski definition) is 4. The molecule has 57 heavy (non-hydrogen) atoms. The zero-order valence-electron chi connectivity index (χ0n) is 36.0. The minimum Gasteiger partial charge on any atom is -0.307 e. The monoisotopic (exact) mass is 876 g/mol. The lowest BCUT2D eigenvalue weighted by molar-refractivity contribution is -0.114. The summed E-state index contributed by atoms with van der Waals surface area (Å²) >= 11 is 6.99. The number of rotatable bonds is 30. The van der Waals surface area contributed by atoms with E-state index in [1.807, 2.05) is 0 Å². The van der Waals surface area contributed by atoms with Gasteiger partial charge in [-0.25, -0.2) is 0 Å². The highest BCUT2D eigenvalue weighted by Gasteiger charge is 2.37. The van der Waals surface area contributed by atoms with Crippen molar-refractivity contribution in [3.05, 3.63) is 65.8 Å². The van der Waals surface area contributed by atoms with E-state index in [4.69, 9.17) is 0 Å². The molecule has 5 rings (SSSR count). The fourth-order valence-electron chi connectivity index (χ4n) is 9.17. The number of thiophene rings is 2. The van der Waals surface area contributed by atoms with Crippen LogP contribution in [0.4, 0.5) is 11.4 Å². The summed E-state index contributed by atoms with van der Waals surface area (Å²) in [6, 6.07) is 12.8. The predicted molar refractivity (Wildman–Crippen MR) is 252 cm³/mol. The first-order valence-electron chi connectivity index (χ1n) is 23.3. The lowest BCUT2D eigenvalue weighted by atomic mass is 9.93. The Morgan fingerprint density at radius 2 is 0.930 bits per heavy atom. The Balaban J connectivity index is 1.52. The van der Waals surface area contributed by atoms with Gasteiger partial charge >= 0.3 is 0 Å². The van der Waals surface area contributed by atoms with Gasteiger partial charge in [0.05, 0.1) is 26.3 Å². The van der Waals surface area contributed by atoms with Crippen molar-refractivity contribution in [3.63, 3.8) is 0 Å². The van der Waals surface area contributed by atoms with Crippen molar-refractivity contribution < 1.29 is 9.59 Å². The van der Waals surface area contributed by atoms with Gasteiger partial charge < -0.3 is 9.80 Å². The fourth-order valence-corrected chi connectivity index (χ4v) is 11.4. The molecule has 1 aromatic carbocycles. The van der Waals surface area contributed by atoms with Crippen molar-refractivity contribution in [3.8, 4) is 0 Å². The van der Waals surface area contributed by atoms with Crippen LogP contribution in [-0.2, 0) is 9.59 Å². The Kier molecular flexibility index (Phi) is 19.9. The molecule has 0 aliphatic carbocycles. The van der Waals surface area contributed by atoms with Gasteiger partial charge in [0.25, 0.3) is 11.8 Å². The topological polar surface area (TPSA) is 40.6 Å². The smallest absolute Gasteiger partial charge is 0.260 e. The highest BCUT2D eigenvalue weighted by molar-refractivity contribution is 9.11. The Bertz CT molecular complexity index is 1800. The molecule has 2 amide bonds. The molecule has 3 aromatic rings. The van der Waals surface area contributed by atoms with Gasteiger partial charge in [0, 0.05) is 33.3 Å². The molecule has 0 saturated carbocycles. The number of benzene rings is 1. The summed E-state index contributed by atoms with van der Waals surface area (Å²) in [5, 5.41) is 4.09. The van der Waals surface area contributed by atoms with Gasteiger partial charge in [-0.2, -0.15) is 0 Å². The van der Waals surface area contributed by atoms with E-state index in [1.165, 1.54) is 148 Å². The maximum atomic E-state index is 14.9. The number of hydrogen-bond donors (Lipinski definition) is 0. The summed E-state index contributed by atoms with van der Waals surface area (Å²) in [6.07, 6.45) is 30.1. The van der Waals surface area contributed by atoms with Crippen LogP contribution in [-0.4, -0.2) is 24.9 Å². The summed E-state index contributed by atoms with van der Waals surface area (Å²) in [5.41, 5.74) is 3.60. The van der Waals surface area contributed by atoms with Crippen molar-refractivity contribution in [2.75, 3.05) is 22.9 Å². The first kappa shape index (κ1) is 45.9. The van der Waals surface area contributed by atoms with E-state index in [0.29, 0.717) is 11.8 Å². The largest absolute Gasteiger partial charge is 0.307 e. The average Bonchev–Trinajstić information content (AvgIpc) is 4.00. The molecular weight excluding hydrogens is 805 g/mol. The van der Waals surface area contributed by atoms with Gasteiger partial charge in [-0.3, -0.25) is 9.59 Å². The minimum absolute atomic E-state index is 0.122. The van der Waals surface area contributed by atoms with Gasteiger partial charge in [0.2, 0.25) is 0 Å². The molecule has 0 fully saturated rings. The predicted octanol–water partition coefficient (Wildman–Crippen LogP) is 14.3. The molecule has 0 N–H and O–H groups in total. The maximum Gasteiger partial charge on any atom is 0.260 e. The maximum absolute atomic E-state index is 14.9. The van der Waals surface area contributed by atoms with Crippen LogP contribution >= 0.6 is 38.6 Å². The Morgan fingerprint density at radius 1 is 0.526 bits per heavy atom. The third-order valence-corrected chi connectivity index (χ3v) is 15.0. The number of nitrogens with zero attached hydrogens (tertiary/aromatic N) is 2. The van der Waals surface area contributed by atoms with Crippen LogP contribution in [0, 0.1) is 11.8 Å². The molecule has 2 atom stereocenters. The third-order valence-electron chi connectivity index (χ3n) is 12.5. The molecule has 0 bridgehead atoms. The highest BCUT2D eigenvalue weighted by Crippen LogP contribution is 2.36. The number of amides is 2. The quantitative estimate of drug-likeness (QED) is 0.0626. The lowest BCUT2D eigenvalue weighted by Crippen LogP contribution is -2.35. The first-order chi connectivity index (χ1) is 27.9. The van der Waals surface area contributed by atoms with Gasteiger partial charge in [-0.05, 0) is 89.2 Å². The third kappa shape index (κ3) is 12.9. The number of unbranched alkanes of at least 4 members (excludes halogenated alkanes) is 16. The van der Waals surface area contributed by atoms with Crippen LogP contribution in [0.15, 0.2) is 45.6 Å². The summed E-state index contributed by atoms with van der Waals surface area (Å²) < 4.78 is 1.03. The van der Waals surface area contributed by atoms with Crippen LogP contribution in [0.3, 0.4) is 0 Å². The summed E-state index contributed by atoms with van der Waals surface area (Å²) in [5.74, 6) is 1.18. The second kappa shape index (κ2) is 24.8. The van der Waals surface area contributed by atoms with Crippen LogP contribution in [0.2, 0.25) is 0 Å². The highest BCUT2D eigenvalue weighted by atomic mass is 79.9. The van der Waals surface area contributed by atoms with Gasteiger partial charge in [-0.15, -0.1) is 22.7 Å². The van der Waals surface area contributed by atoms with Crippen molar-refractivity contribution in [1.29, 1.82) is 0 Å². The zero-order valence-corrected chi connectivity index (χ0v) is 39.2. The molecule has 2 unspecified atom stereocenters. The molecule has 314 valence electrons. The SMILES string of the molecule is CCCCCCCCC(CCCCCC)CN1C(=O)C(c2cccs2)=c2cc3c(cc21)=C(c1ccc(Br)s1)C(=O)N3CC(CCCCCC)CCCCCCCC. The van der Waals surface area contributed by atoms with Crippen LogP contribution < -0.4 is 20.2 Å². The second-order valence-electron chi connectivity index (χ2n) is 17.1. The van der Waals surface area contributed by atoms with E-state index in [9.17, 15) is 9.59 Å². The van der Waals surface area contributed by atoms with Crippen LogP contribution in [0.1, 0.15) is 192 Å². The molecule has 4 nitrogen and oxygen atoms in total. The number of fused-ring (bicyclic) bond motifs is 2. The number of carbonyl (C=O) groups excluding carboxylic acids is 2. The van der Waals surface area contributed by atoms with Crippen molar-refractivity contribution in [1.82, 2.24) is 0 Å². The van der Waals surface area contributed by atoms with E-state index in [-0.39, 0.29) is 11.8 Å². The molecule has 2 aliphatic rings. The normalized spacial score (nSPS) is 15.0. The molecular formula is C50H73BrN2O2S2. The molecule has 0 radical (unpaired) electrons.